The summed E-state index contributed by atoms with van der Waals surface area (Å²) in [6, 6.07) is 0.366. The molecule has 0 saturated heterocycles. The fourth-order valence-electron chi connectivity index (χ4n) is 0.939. The topological polar surface area (TPSA) is 55.9 Å². The Bertz CT molecular complexity index is 231. The zero-order valence-electron chi connectivity index (χ0n) is 7.62. The molecule has 0 aromatic carbocycles. The van der Waals surface area contributed by atoms with Crippen LogP contribution in [-0.2, 0) is 13.6 Å². The quantitative estimate of drug-likeness (QED) is 0.657. The maximum absolute atomic E-state index is 5.46. The second kappa shape index (κ2) is 4.23. The van der Waals surface area contributed by atoms with Crippen molar-refractivity contribution in [3.05, 3.63) is 18.0 Å². The summed E-state index contributed by atoms with van der Waals surface area (Å²) in [6.07, 6.45) is 3.85. The molecular formula is C8H16N4. The lowest BCUT2D eigenvalue weighted by molar-refractivity contribution is 0.556. The predicted molar refractivity (Wildman–Crippen MR) is 48.6 cm³/mol. The van der Waals surface area contributed by atoms with Crippen molar-refractivity contribution >= 4 is 0 Å². The standard InChI is InChI=1S/C8H16N4/c1-7(3-9)10-4-8-5-11-12(2)6-8/h5-7,10H,3-4,9H2,1-2H3/t7-/m0/s1. The van der Waals surface area contributed by atoms with Crippen molar-refractivity contribution in [2.75, 3.05) is 6.54 Å². The minimum absolute atomic E-state index is 0.366. The lowest BCUT2D eigenvalue weighted by Crippen LogP contribution is -2.32. The molecule has 0 aliphatic heterocycles. The van der Waals surface area contributed by atoms with E-state index in [2.05, 4.69) is 17.3 Å². The zero-order valence-corrected chi connectivity index (χ0v) is 7.62. The largest absolute Gasteiger partial charge is 0.329 e. The van der Waals surface area contributed by atoms with Gasteiger partial charge in [0.15, 0.2) is 0 Å². The molecule has 0 spiro atoms. The van der Waals surface area contributed by atoms with Crippen LogP contribution in [0.5, 0.6) is 0 Å². The average Bonchev–Trinajstić information content (AvgIpc) is 2.47. The molecule has 68 valence electrons. The molecule has 12 heavy (non-hydrogen) atoms. The molecule has 1 aromatic heterocycles. The highest BCUT2D eigenvalue weighted by Gasteiger charge is 1.99. The van der Waals surface area contributed by atoms with Gasteiger partial charge in [-0.3, -0.25) is 4.68 Å². The van der Waals surface area contributed by atoms with Gasteiger partial charge in [0, 0.05) is 37.9 Å². The Morgan fingerprint density at radius 3 is 3.00 bits per heavy atom. The summed E-state index contributed by atoms with van der Waals surface area (Å²) in [5, 5.41) is 7.35. The molecule has 0 saturated carbocycles. The molecule has 0 fully saturated rings. The first-order valence-corrected chi connectivity index (χ1v) is 4.13. The van der Waals surface area contributed by atoms with E-state index in [4.69, 9.17) is 5.73 Å². The molecule has 0 amide bonds. The Morgan fingerprint density at radius 1 is 1.75 bits per heavy atom. The number of aromatic nitrogens is 2. The van der Waals surface area contributed by atoms with E-state index in [1.165, 1.54) is 5.56 Å². The van der Waals surface area contributed by atoms with Gasteiger partial charge in [-0.2, -0.15) is 5.10 Å². The predicted octanol–water partition coefficient (Wildman–Crippen LogP) is -0.143. The lowest BCUT2D eigenvalue weighted by Gasteiger charge is -2.08. The van der Waals surface area contributed by atoms with Crippen LogP contribution in [0.15, 0.2) is 12.4 Å². The fraction of sp³-hybridized carbons (Fsp3) is 0.625. The number of hydrogen-bond donors (Lipinski definition) is 2. The van der Waals surface area contributed by atoms with Crippen molar-refractivity contribution < 1.29 is 0 Å². The molecular weight excluding hydrogens is 152 g/mol. The number of nitrogens with zero attached hydrogens (tertiary/aromatic N) is 2. The first-order chi connectivity index (χ1) is 5.72. The van der Waals surface area contributed by atoms with Gasteiger partial charge in [0.2, 0.25) is 0 Å². The van der Waals surface area contributed by atoms with Crippen LogP contribution < -0.4 is 11.1 Å². The minimum Gasteiger partial charge on any atom is -0.329 e. The highest BCUT2D eigenvalue weighted by molar-refractivity contribution is 5.02. The molecule has 1 atom stereocenters. The van der Waals surface area contributed by atoms with Gasteiger partial charge in [0.1, 0.15) is 0 Å². The Hall–Kier alpha value is -0.870. The van der Waals surface area contributed by atoms with Crippen molar-refractivity contribution in [1.29, 1.82) is 0 Å². The van der Waals surface area contributed by atoms with Crippen LogP contribution in [0.2, 0.25) is 0 Å². The van der Waals surface area contributed by atoms with E-state index >= 15 is 0 Å². The van der Waals surface area contributed by atoms with E-state index in [1.54, 1.807) is 4.68 Å². The summed E-state index contributed by atoms with van der Waals surface area (Å²) >= 11 is 0. The molecule has 0 aliphatic rings. The van der Waals surface area contributed by atoms with Gasteiger partial charge in [0.25, 0.3) is 0 Å². The third-order valence-electron chi connectivity index (χ3n) is 1.77. The fourth-order valence-corrected chi connectivity index (χ4v) is 0.939. The average molecular weight is 168 g/mol. The normalized spacial score (nSPS) is 13.2. The molecule has 1 rings (SSSR count). The van der Waals surface area contributed by atoms with Crippen LogP contribution in [0.4, 0.5) is 0 Å². The maximum Gasteiger partial charge on any atom is 0.0534 e. The van der Waals surface area contributed by atoms with Gasteiger partial charge in [0.05, 0.1) is 6.20 Å². The minimum atomic E-state index is 0.366. The number of nitrogens with two attached hydrogens (primary N) is 1. The van der Waals surface area contributed by atoms with Gasteiger partial charge in [-0.1, -0.05) is 0 Å². The molecule has 0 bridgehead atoms. The smallest absolute Gasteiger partial charge is 0.0534 e. The van der Waals surface area contributed by atoms with E-state index in [-0.39, 0.29) is 0 Å². The number of nitrogens with one attached hydrogen (secondary N) is 1. The first kappa shape index (κ1) is 9.22. The monoisotopic (exact) mass is 168 g/mol. The van der Waals surface area contributed by atoms with E-state index in [9.17, 15) is 0 Å². The Labute approximate surface area is 72.8 Å². The highest BCUT2D eigenvalue weighted by atomic mass is 15.2. The van der Waals surface area contributed by atoms with Crippen molar-refractivity contribution in [2.45, 2.75) is 19.5 Å². The summed E-state index contributed by atoms with van der Waals surface area (Å²) in [4.78, 5) is 0. The van der Waals surface area contributed by atoms with Crippen molar-refractivity contribution in [3.63, 3.8) is 0 Å². The highest BCUT2D eigenvalue weighted by Crippen LogP contribution is 1.95. The molecule has 4 heteroatoms. The van der Waals surface area contributed by atoms with Crippen LogP contribution >= 0.6 is 0 Å². The van der Waals surface area contributed by atoms with Crippen LogP contribution in [0.3, 0.4) is 0 Å². The third kappa shape index (κ3) is 2.64. The SMILES string of the molecule is C[C@@H](CN)NCc1cnn(C)c1. The van der Waals surface area contributed by atoms with Gasteiger partial charge in [-0.05, 0) is 6.92 Å². The number of rotatable bonds is 4. The summed E-state index contributed by atoms with van der Waals surface area (Å²) in [5.74, 6) is 0. The van der Waals surface area contributed by atoms with E-state index in [0.29, 0.717) is 12.6 Å². The molecule has 0 radical (unpaired) electrons. The van der Waals surface area contributed by atoms with Crippen molar-refractivity contribution in [3.8, 4) is 0 Å². The molecule has 1 heterocycles. The van der Waals surface area contributed by atoms with Crippen LogP contribution in [-0.4, -0.2) is 22.4 Å². The van der Waals surface area contributed by atoms with Crippen LogP contribution in [0.1, 0.15) is 12.5 Å². The third-order valence-corrected chi connectivity index (χ3v) is 1.77. The first-order valence-electron chi connectivity index (χ1n) is 4.13. The van der Waals surface area contributed by atoms with Crippen LogP contribution in [0.25, 0.3) is 0 Å². The molecule has 1 aromatic rings. The second-order valence-corrected chi connectivity index (χ2v) is 3.04. The lowest BCUT2D eigenvalue weighted by atomic mass is 10.3. The second-order valence-electron chi connectivity index (χ2n) is 3.04. The number of hydrogen-bond acceptors (Lipinski definition) is 3. The van der Waals surface area contributed by atoms with Crippen molar-refractivity contribution in [1.82, 2.24) is 15.1 Å². The molecule has 0 aliphatic carbocycles. The maximum atomic E-state index is 5.46. The summed E-state index contributed by atoms with van der Waals surface area (Å²) in [5.41, 5.74) is 6.65. The van der Waals surface area contributed by atoms with Crippen molar-refractivity contribution in [2.24, 2.45) is 12.8 Å². The molecule has 0 unspecified atom stereocenters. The van der Waals surface area contributed by atoms with Gasteiger partial charge in [-0.15, -0.1) is 0 Å². The Morgan fingerprint density at radius 2 is 2.50 bits per heavy atom. The van der Waals surface area contributed by atoms with Gasteiger partial charge in [-0.25, -0.2) is 0 Å². The van der Waals surface area contributed by atoms with E-state index in [0.717, 1.165) is 6.54 Å². The van der Waals surface area contributed by atoms with E-state index in [1.807, 2.05) is 19.4 Å². The molecule has 3 N–H and O–H groups in total. The summed E-state index contributed by atoms with van der Waals surface area (Å²) in [6.45, 7) is 3.57. The Kier molecular flexibility index (Phi) is 3.25. The molecule has 4 nitrogen and oxygen atoms in total. The van der Waals surface area contributed by atoms with E-state index < -0.39 is 0 Å². The summed E-state index contributed by atoms with van der Waals surface area (Å²) in [7, 11) is 1.91. The Balaban J connectivity index is 2.33. The van der Waals surface area contributed by atoms with Gasteiger partial charge >= 0.3 is 0 Å². The summed E-state index contributed by atoms with van der Waals surface area (Å²) < 4.78 is 1.80. The zero-order chi connectivity index (χ0) is 8.97. The van der Waals surface area contributed by atoms with Crippen LogP contribution in [0, 0.1) is 0 Å². The van der Waals surface area contributed by atoms with Gasteiger partial charge < -0.3 is 11.1 Å². The number of aryl methyl sites for hydroxylation is 1.